The van der Waals surface area contributed by atoms with Crippen LogP contribution in [0.25, 0.3) is 0 Å². The molecule has 0 amide bonds. The van der Waals surface area contributed by atoms with Crippen LogP contribution in [-0.4, -0.2) is 5.11 Å². The number of benzene rings is 1. The summed E-state index contributed by atoms with van der Waals surface area (Å²) < 4.78 is 12.8. The topological polar surface area (TPSA) is 20.2 Å². The van der Waals surface area contributed by atoms with Crippen molar-refractivity contribution in [1.29, 1.82) is 0 Å². The van der Waals surface area contributed by atoms with Gasteiger partial charge in [0.15, 0.2) is 0 Å². The molecule has 1 N–H and O–H groups in total. The quantitative estimate of drug-likeness (QED) is 0.741. The van der Waals surface area contributed by atoms with Crippen LogP contribution in [0, 0.1) is 17.7 Å². The number of hydrogen-bond acceptors (Lipinski definition) is 1. The molecule has 2 heteroatoms. The number of aliphatic hydroxyl groups is 1. The second kappa shape index (κ2) is 3.11. The summed E-state index contributed by atoms with van der Waals surface area (Å²) in [5, 5.41) is 9.79. The van der Waals surface area contributed by atoms with Gasteiger partial charge in [-0.2, -0.15) is 0 Å². The molecule has 3 atom stereocenters. The second-order valence-electron chi connectivity index (χ2n) is 3.88. The molecule has 1 aliphatic carbocycles. The minimum atomic E-state index is -0.481. The average molecular weight is 180 g/mol. The molecule has 1 saturated carbocycles. The normalized spacial score (nSPS) is 28.5. The van der Waals surface area contributed by atoms with E-state index in [1.165, 1.54) is 12.1 Å². The minimum absolute atomic E-state index is 0.273. The van der Waals surface area contributed by atoms with Crippen LogP contribution < -0.4 is 0 Å². The van der Waals surface area contributed by atoms with E-state index in [9.17, 15) is 9.50 Å². The van der Waals surface area contributed by atoms with Gasteiger partial charge in [-0.05, 0) is 36.0 Å². The van der Waals surface area contributed by atoms with E-state index < -0.39 is 6.10 Å². The summed E-state index contributed by atoms with van der Waals surface area (Å²) in [7, 11) is 0. The first-order valence-electron chi connectivity index (χ1n) is 4.62. The lowest BCUT2D eigenvalue weighted by atomic mass is 10.0. The van der Waals surface area contributed by atoms with Crippen LogP contribution in [0.15, 0.2) is 24.3 Å². The van der Waals surface area contributed by atoms with Gasteiger partial charge in [0.1, 0.15) is 5.82 Å². The third kappa shape index (κ3) is 1.73. The minimum Gasteiger partial charge on any atom is -0.388 e. The Morgan fingerprint density at radius 1 is 1.54 bits per heavy atom. The van der Waals surface area contributed by atoms with Crippen molar-refractivity contribution in [2.75, 3.05) is 0 Å². The Hall–Kier alpha value is -0.890. The molecule has 70 valence electrons. The van der Waals surface area contributed by atoms with Gasteiger partial charge >= 0.3 is 0 Å². The van der Waals surface area contributed by atoms with Gasteiger partial charge in [0.2, 0.25) is 0 Å². The van der Waals surface area contributed by atoms with E-state index in [0.717, 1.165) is 6.42 Å². The smallest absolute Gasteiger partial charge is 0.123 e. The van der Waals surface area contributed by atoms with Gasteiger partial charge < -0.3 is 5.11 Å². The van der Waals surface area contributed by atoms with E-state index in [1.807, 2.05) is 0 Å². The number of hydrogen-bond donors (Lipinski definition) is 1. The monoisotopic (exact) mass is 180 g/mol. The zero-order chi connectivity index (χ0) is 9.42. The predicted molar refractivity (Wildman–Crippen MR) is 48.6 cm³/mol. The summed E-state index contributed by atoms with van der Waals surface area (Å²) in [5.74, 6) is 0.643. The van der Waals surface area contributed by atoms with Crippen molar-refractivity contribution in [2.45, 2.75) is 19.4 Å². The standard InChI is InChI=1S/C11H13FO/c1-7-5-10(7)11(13)8-3-2-4-9(12)6-8/h2-4,6-7,10-11,13H,5H2,1H3. The van der Waals surface area contributed by atoms with Gasteiger partial charge in [0.05, 0.1) is 6.10 Å². The van der Waals surface area contributed by atoms with Crippen molar-refractivity contribution in [2.24, 2.45) is 11.8 Å². The van der Waals surface area contributed by atoms with Crippen molar-refractivity contribution in [3.05, 3.63) is 35.6 Å². The maximum absolute atomic E-state index is 12.8. The Labute approximate surface area is 77.2 Å². The lowest BCUT2D eigenvalue weighted by molar-refractivity contribution is 0.148. The Kier molecular flexibility index (Phi) is 2.08. The number of aliphatic hydroxyl groups excluding tert-OH is 1. The van der Waals surface area contributed by atoms with Gasteiger partial charge in [-0.3, -0.25) is 0 Å². The second-order valence-corrected chi connectivity index (χ2v) is 3.88. The highest BCUT2D eigenvalue weighted by Crippen LogP contribution is 2.46. The lowest BCUT2D eigenvalue weighted by Gasteiger charge is -2.09. The molecule has 0 spiro atoms. The maximum Gasteiger partial charge on any atom is 0.123 e. The van der Waals surface area contributed by atoms with Gasteiger partial charge in [0.25, 0.3) is 0 Å². The highest BCUT2D eigenvalue weighted by atomic mass is 19.1. The van der Waals surface area contributed by atoms with E-state index in [4.69, 9.17) is 0 Å². The number of halogens is 1. The molecule has 1 fully saturated rings. The molecule has 0 bridgehead atoms. The first-order chi connectivity index (χ1) is 6.18. The summed E-state index contributed by atoms with van der Waals surface area (Å²) in [6.45, 7) is 2.10. The van der Waals surface area contributed by atoms with E-state index in [2.05, 4.69) is 6.92 Å². The Bertz CT molecular complexity index is 311. The van der Waals surface area contributed by atoms with E-state index in [0.29, 0.717) is 17.4 Å². The van der Waals surface area contributed by atoms with E-state index >= 15 is 0 Å². The first-order valence-corrected chi connectivity index (χ1v) is 4.62. The Balaban J connectivity index is 2.15. The molecule has 1 aromatic rings. The molecule has 0 saturated heterocycles. The van der Waals surface area contributed by atoms with Gasteiger partial charge in [-0.25, -0.2) is 4.39 Å². The molecule has 1 aliphatic rings. The molecule has 2 rings (SSSR count). The fraction of sp³-hybridized carbons (Fsp3) is 0.455. The van der Waals surface area contributed by atoms with Crippen molar-refractivity contribution < 1.29 is 9.50 Å². The average Bonchev–Trinajstić information content (AvgIpc) is 2.81. The molecule has 1 nitrogen and oxygen atoms in total. The first kappa shape index (κ1) is 8.70. The molecule has 3 unspecified atom stereocenters. The van der Waals surface area contributed by atoms with Crippen LogP contribution in [0.1, 0.15) is 25.0 Å². The summed E-state index contributed by atoms with van der Waals surface area (Å²) >= 11 is 0. The van der Waals surface area contributed by atoms with Gasteiger partial charge in [0, 0.05) is 0 Å². The lowest BCUT2D eigenvalue weighted by Crippen LogP contribution is -2.01. The highest BCUT2D eigenvalue weighted by molar-refractivity contribution is 5.20. The SMILES string of the molecule is CC1CC1C(O)c1cccc(F)c1. The van der Waals surface area contributed by atoms with E-state index in [1.54, 1.807) is 12.1 Å². The molecular formula is C11H13FO. The molecule has 0 aliphatic heterocycles. The fourth-order valence-corrected chi connectivity index (χ4v) is 1.73. The van der Waals surface area contributed by atoms with Crippen LogP contribution in [-0.2, 0) is 0 Å². The zero-order valence-corrected chi connectivity index (χ0v) is 7.57. The Morgan fingerprint density at radius 3 is 2.77 bits per heavy atom. The largest absolute Gasteiger partial charge is 0.388 e. The number of rotatable bonds is 2. The predicted octanol–water partition coefficient (Wildman–Crippen LogP) is 2.52. The summed E-state index contributed by atoms with van der Waals surface area (Å²) in [4.78, 5) is 0. The molecule has 0 aromatic heterocycles. The van der Waals surface area contributed by atoms with Crippen molar-refractivity contribution in [3.63, 3.8) is 0 Å². The zero-order valence-electron chi connectivity index (χ0n) is 7.57. The fourth-order valence-electron chi connectivity index (χ4n) is 1.73. The summed E-state index contributed by atoms with van der Waals surface area (Å²) in [6, 6.07) is 6.22. The van der Waals surface area contributed by atoms with Crippen molar-refractivity contribution in [3.8, 4) is 0 Å². The van der Waals surface area contributed by atoms with Crippen molar-refractivity contribution >= 4 is 0 Å². The molecule has 0 heterocycles. The maximum atomic E-state index is 12.8. The van der Waals surface area contributed by atoms with Crippen LogP contribution in [0.5, 0.6) is 0 Å². The summed E-state index contributed by atoms with van der Waals surface area (Å²) in [6.07, 6.45) is 0.572. The van der Waals surface area contributed by atoms with Crippen LogP contribution >= 0.6 is 0 Å². The molecule has 1 aromatic carbocycles. The Morgan fingerprint density at radius 2 is 2.23 bits per heavy atom. The van der Waals surface area contributed by atoms with Crippen LogP contribution in [0.3, 0.4) is 0 Å². The van der Waals surface area contributed by atoms with E-state index in [-0.39, 0.29) is 5.82 Å². The highest BCUT2D eigenvalue weighted by Gasteiger charge is 2.39. The van der Waals surface area contributed by atoms with Gasteiger partial charge in [-0.15, -0.1) is 0 Å². The molecule has 0 radical (unpaired) electrons. The molecular weight excluding hydrogens is 167 g/mol. The third-order valence-corrected chi connectivity index (χ3v) is 2.77. The van der Waals surface area contributed by atoms with Crippen LogP contribution in [0.2, 0.25) is 0 Å². The van der Waals surface area contributed by atoms with Gasteiger partial charge in [-0.1, -0.05) is 19.1 Å². The third-order valence-electron chi connectivity index (χ3n) is 2.77. The molecule has 13 heavy (non-hydrogen) atoms. The van der Waals surface area contributed by atoms with Crippen LogP contribution in [0.4, 0.5) is 4.39 Å². The van der Waals surface area contributed by atoms with Crippen molar-refractivity contribution in [1.82, 2.24) is 0 Å². The summed E-state index contributed by atoms with van der Waals surface area (Å²) in [5.41, 5.74) is 0.703.